The van der Waals surface area contributed by atoms with E-state index in [0.29, 0.717) is 5.56 Å². The van der Waals surface area contributed by atoms with Gasteiger partial charge in [0.15, 0.2) is 0 Å². The molecule has 0 bridgehead atoms. The Morgan fingerprint density at radius 2 is 2.33 bits per heavy atom. The van der Waals surface area contributed by atoms with Crippen LogP contribution in [0.4, 0.5) is 0 Å². The number of phenols is 1. The average Bonchev–Trinajstić information content (AvgIpc) is 2.21. The number of esters is 1. The molecule has 0 aliphatic heterocycles. The van der Waals surface area contributed by atoms with Crippen LogP contribution < -0.4 is 0 Å². The van der Waals surface area contributed by atoms with Crippen LogP contribution in [0.15, 0.2) is 18.2 Å². The Morgan fingerprint density at radius 3 is 2.93 bits per heavy atom. The van der Waals surface area contributed by atoms with Gasteiger partial charge in [0.2, 0.25) is 0 Å². The molecule has 4 heteroatoms. The Bertz CT molecular complexity index is 407. The Kier molecular flexibility index (Phi) is 3.69. The van der Waals surface area contributed by atoms with Gasteiger partial charge in [-0.1, -0.05) is 6.07 Å². The molecular weight excluding hydrogens is 194 g/mol. The smallest absolute Gasteiger partial charge is 0.341 e. The lowest BCUT2D eigenvalue weighted by Gasteiger charge is -2.05. The number of aromatic hydroxyl groups is 1. The predicted molar refractivity (Wildman–Crippen MR) is 53.4 cm³/mol. The van der Waals surface area contributed by atoms with Gasteiger partial charge in [0.25, 0.3) is 0 Å². The minimum Gasteiger partial charge on any atom is -0.507 e. The van der Waals surface area contributed by atoms with Crippen LogP contribution in [0, 0.1) is 11.3 Å². The molecule has 1 rings (SSSR count). The molecule has 1 aromatic carbocycles. The lowest BCUT2D eigenvalue weighted by atomic mass is 10.1. The summed E-state index contributed by atoms with van der Waals surface area (Å²) in [6.45, 7) is 1.94. The molecule has 78 valence electrons. The molecular formula is C11H11NO3. The van der Waals surface area contributed by atoms with Crippen molar-refractivity contribution in [3.8, 4) is 11.8 Å². The fraction of sp³-hybridized carbons (Fsp3) is 0.273. The highest BCUT2D eigenvalue weighted by molar-refractivity contribution is 5.92. The zero-order chi connectivity index (χ0) is 11.3. The van der Waals surface area contributed by atoms with Gasteiger partial charge >= 0.3 is 5.97 Å². The van der Waals surface area contributed by atoms with Crippen molar-refractivity contribution < 1.29 is 14.6 Å². The van der Waals surface area contributed by atoms with E-state index in [0.717, 1.165) is 0 Å². The molecule has 15 heavy (non-hydrogen) atoms. The Labute approximate surface area is 87.7 Å². The summed E-state index contributed by atoms with van der Waals surface area (Å²) in [5.41, 5.74) is 0.781. The minimum atomic E-state index is -0.574. The van der Waals surface area contributed by atoms with Crippen molar-refractivity contribution >= 4 is 5.97 Å². The highest BCUT2D eigenvalue weighted by Crippen LogP contribution is 2.19. The van der Waals surface area contributed by atoms with Crippen molar-refractivity contribution in [3.05, 3.63) is 29.3 Å². The maximum atomic E-state index is 11.4. The first-order valence-corrected chi connectivity index (χ1v) is 4.55. The zero-order valence-corrected chi connectivity index (χ0v) is 8.36. The van der Waals surface area contributed by atoms with Crippen molar-refractivity contribution in [2.45, 2.75) is 13.3 Å². The van der Waals surface area contributed by atoms with Crippen LogP contribution in [-0.2, 0) is 11.2 Å². The van der Waals surface area contributed by atoms with E-state index >= 15 is 0 Å². The third-order valence-electron chi connectivity index (χ3n) is 1.84. The number of ether oxygens (including phenoxy) is 1. The van der Waals surface area contributed by atoms with E-state index in [1.807, 2.05) is 6.07 Å². The zero-order valence-electron chi connectivity index (χ0n) is 8.36. The van der Waals surface area contributed by atoms with E-state index in [9.17, 15) is 9.90 Å². The van der Waals surface area contributed by atoms with Gasteiger partial charge in [-0.25, -0.2) is 4.79 Å². The molecule has 0 heterocycles. The largest absolute Gasteiger partial charge is 0.507 e. The fourth-order valence-corrected chi connectivity index (χ4v) is 1.16. The number of carbonyl (C=O) groups is 1. The maximum Gasteiger partial charge on any atom is 0.341 e. The van der Waals surface area contributed by atoms with Crippen LogP contribution in [0.3, 0.4) is 0 Å². The fourth-order valence-electron chi connectivity index (χ4n) is 1.16. The molecule has 0 spiro atoms. The summed E-state index contributed by atoms with van der Waals surface area (Å²) in [5, 5.41) is 17.9. The van der Waals surface area contributed by atoms with Gasteiger partial charge in [-0.3, -0.25) is 0 Å². The maximum absolute atomic E-state index is 11.4. The summed E-state index contributed by atoms with van der Waals surface area (Å²) in [6.07, 6.45) is 0.201. The third kappa shape index (κ3) is 2.71. The van der Waals surface area contributed by atoms with Gasteiger partial charge in [-0.2, -0.15) is 5.26 Å². The number of phenolic OH excluding ortho intramolecular Hbond substituents is 1. The second-order valence-corrected chi connectivity index (χ2v) is 2.91. The Hall–Kier alpha value is -2.02. The quantitative estimate of drug-likeness (QED) is 0.761. The first-order chi connectivity index (χ1) is 7.19. The van der Waals surface area contributed by atoms with Crippen LogP contribution in [0.5, 0.6) is 5.75 Å². The molecule has 0 atom stereocenters. The van der Waals surface area contributed by atoms with E-state index in [-0.39, 0.29) is 24.3 Å². The molecule has 0 amide bonds. The molecule has 1 N–H and O–H groups in total. The van der Waals surface area contributed by atoms with E-state index in [1.54, 1.807) is 13.0 Å². The summed E-state index contributed by atoms with van der Waals surface area (Å²) in [6, 6.07) is 6.42. The van der Waals surface area contributed by atoms with E-state index in [1.165, 1.54) is 12.1 Å². The van der Waals surface area contributed by atoms with Gasteiger partial charge in [0.05, 0.1) is 19.1 Å². The number of nitrogens with zero attached hydrogens (tertiary/aromatic N) is 1. The Balaban J connectivity index is 3.00. The summed E-state index contributed by atoms with van der Waals surface area (Å²) in [4.78, 5) is 11.4. The third-order valence-corrected chi connectivity index (χ3v) is 1.84. The van der Waals surface area contributed by atoms with Crippen LogP contribution >= 0.6 is 0 Å². The molecule has 0 saturated heterocycles. The van der Waals surface area contributed by atoms with Gasteiger partial charge in [-0.15, -0.1) is 0 Å². The highest BCUT2D eigenvalue weighted by atomic mass is 16.5. The molecule has 0 aliphatic rings. The van der Waals surface area contributed by atoms with Crippen LogP contribution in [0.25, 0.3) is 0 Å². The molecule has 0 fully saturated rings. The van der Waals surface area contributed by atoms with Crippen LogP contribution in [0.2, 0.25) is 0 Å². The monoisotopic (exact) mass is 205 g/mol. The molecule has 4 nitrogen and oxygen atoms in total. The van der Waals surface area contributed by atoms with Gasteiger partial charge in [0, 0.05) is 0 Å². The number of rotatable bonds is 3. The molecule has 0 unspecified atom stereocenters. The number of carbonyl (C=O) groups excluding carboxylic acids is 1. The number of benzene rings is 1. The van der Waals surface area contributed by atoms with Crippen molar-refractivity contribution in [1.82, 2.24) is 0 Å². The van der Waals surface area contributed by atoms with E-state index in [2.05, 4.69) is 0 Å². The van der Waals surface area contributed by atoms with Gasteiger partial charge < -0.3 is 9.84 Å². The number of hydrogen-bond donors (Lipinski definition) is 1. The Morgan fingerprint density at radius 1 is 1.60 bits per heavy atom. The summed E-state index contributed by atoms with van der Waals surface area (Å²) in [5.74, 6) is -0.704. The summed E-state index contributed by atoms with van der Waals surface area (Å²) < 4.78 is 4.76. The van der Waals surface area contributed by atoms with Crippen molar-refractivity contribution in [2.75, 3.05) is 6.61 Å². The highest BCUT2D eigenvalue weighted by Gasteiger charge is 2.12. The molecule has 0 aliphatic carbocycles. The molecule has 0 aromatic heterocycles. The van der Waals surface area contributed by atoms with E-state index < -0.39 is 5.97 Å². The van der Waals surface area contributed by atoms with Gasteiger partial charge in [-0.05, 0) is 24.6 Å². The first kappa shape index (κ1) is 11.1. The molecule has 1 aromatic rings. The van der Waals surface area contributed by atoms with Crippen molar-refractivity contribution in [1.29, 1.82) is 5.26 Å². The predicted octanol–water partition coefficient (Wildman–Crippen LogP) is 1.63. The van der Waals surface area contributed by atoms with Crippen LogP contribution in [0.1, 0.15) is 22.8 Å². The standard InChI is InChI=1S/C11H11NO3/c1-2-15-11(14)9-7-8(5-6-12)3-4-10(9)13/h3-4,7,13H,2,5H2,1H3. The second kappa shape index (κ2) is 5.01. The second-order valence-electron chi connectivity index (χ2n) is 2.91. The molecule has 0 saturated carbocycles. The first-order valence-electron chi connectivity index (χ1n) is 4.55. The molecule has 0 radical (unpaired) electrons. The number of hydrogen-bond acceptors (Lipinski definition) is 4. The van der Waals surface area contributed by atoms with Crippen molar-refractivity contribution in [2.24, 2.45) is 0 Å². The topological polar surface area (TPSA) is 70.3 Å². The number of nitriles is 1. The van der Waals surface area contributed by atoms with Gasteiger partial charge in [0.1, 0.15) is 11.3 Å². The summed E-state index contributed by atoms with van der Waals surface area (Å²) in [7, 11) is 0. The average molecular weight is 205 g/mol. The van der Waals surface area contributed by atoms with E-state index in [4.69, 9.17) is 10.00 Å². The SMILES string of the molecule is CCOC(=O)c1cc(CC#N)ccc1O. The summed E-state index contributed by atoms with van der Waals surface area (Å²) >= 11 is 0. The van der Waals surface area contributed by atoms with Crippen LogP contribution in [-0.4, -0.2) is 17.7 Å². The lowest BCUT2D eigenvalue weighted by Crippen LogP contribution is -2.05. The minimum absolute atomic E-state index is 0.101. The van der Waals surface area contributed by atoms with Crippen molar-refractivity contribution in [3.63, 3.8) is 0 Å². The lowest BCUT2D eigenvalue weighted by molar-refractivity contribution is 0.0523. The normalized spacial score (nSPS) is 9.33.